The van der Waals surface area contributed by atoms with E-state index in [1.54, 1.807) is 12.1 Å². The van der Waals surface area contributed by atoms with Gasteiger partial charge in [0, 0.05) is 7.05 Å². The van der Waals surface area contributed by atoms with E-state index in [9.17, 15) is 4.79 Å². The number of carbonyl (C=O) groups excluding carboxylic acids is 1. The molecular weight excluding hydrogens is 322 g/mol. The molecule has 0 aliphatic carbocycles. The minimum absolute atomic E-state index is 0.261. The van der Waals surface area contributed by atoms with Gasteiger partial charge in [-0.1, -0.05) is 12.1 Å². The molecule has 0 saturated heterocycles. The molecule has 0 atom stereocenters. The zero-order chi connectivity index (χ0) is 14.1. The highest BCUT2D eigenvalue weighted by molar-refractivity contribution is 9.10. The van der Waals surface area contributed by atoms with E-state index in [0.717, 1.165) is 16.9 Å². The highest BCUT2D eigenvalue weighted by atomic mass is 79.9. The highest BCUT2D eigenvalue weighted by Crippen LogP contribution is 2.15. The van der Waals surface area contributed by atoms with Crippen LogP contribution in [0, 0.1) is 0 Å². The topological polar surface area (TPSA) is 60.1 Å². The van der Waals surface area contributed by atoms with E-state index in [1.165, 1.54) is 0 Å². The fourth-order valence-corrected chi connectivity index (χ4v) is 2.34. The van der Waals surface area contributed by atoms with Crippen molar-refractivity contribution in [2.24, 2.45) is 7.05 Å². The summed E-state index contributed by atoms with van der Waals surface area (Å²) < 4.78 is 7.70. The number of aromatic nitrogens is 2. The number of furan rings is 1. The maximum atomic E-state index is 11.9. The number of nitrogens with zero attached hydrogens (tertiary/aromatic N) is 2. The third kappa shape index (κ3) is 2.34. The Morgan fingerprint density at radius 1 is 1.35 bits per heavy atom. The number of fused-ring (bicyclic) bond motifs is 1. The lowest BCUT2D eigenvalue weighted by Crippen LogP contribution is -2.23. The molecular formula is C14H12BrN3O2. The Balaban J connectivity index is 1.77. The zero-order valence-corrected chi connectivity index (χ0v) is 12.3. The van der Waals surface area contributed by atoms with E-state index in [2.05, 4.69) is 26.2 Å². The number of amides is 1. The molecule has 3 aromatic rings. The van der Waals surface area contributed by atoms with Crippen LogP contribution in [0.15, 0.2) is 45.5 Å². The molecule has 0 unspecified atom stereocenters. The standard InChI is InChI=1S/C14H12BrN3O2/c1-18-10-5-3-2-4-9(10)17-13(18)8-16-14(19)11-6-7-12(15)20-11/h2-7H,8H2,1H3,(H,16,19). The molecule has 0 bridgehead atoms. The van der Waals surface area contributed by atoms with Gasteiger partial charge in [0.25, 0.3) is 5.91 Å². The van der Waals surface area contributed by atoms with Crippen LogP contribution in [0.2, 0.25) is 0 Å². The predicted molar refractivity (Wildman–Crippen MR) is 78.3 cm³/mol. The molecule has 3 rings (SSSR count). The predicted octanol–water partition coefficient (Wildman–Crippen LogP) is 2.86. The van der Waals surface area contributed by atoms with Gasteiger partial charge in [0.05, 0.1) is 17.6 Å². The van der Waals surface area contributed by atoms with E-state index in [1.807, 2.05) is 35.9 Å². The highest BCUT2D eigenvalue weighted by Gasteiger charge is 2.12. The lowest BCUT2D eigenvalue weighted by Gasteiger charge is -2.03. The largest absolute Gasteiger partial charge is 0.444 e. The molecule has 1 amide bonds. The van der Waals surface area contributed by atoms with Crippen molar-refractivity contribution in [2.45, 2.75) is 6.54 Å². The van der Waals surface area contributed by atoms with E-state index in [-0.39, 0.29) is 11.7 Å². The molecule has 20 heavy (non-hydrogen) atoms. The van der Waals surface area contributed by atoms with Crippen molar-refractivity contribution in [3.05, 3.63) is 52.7 Å². The number of carbonyl (C=O) groups is 1. The Morgan fingerprint density at radius 2 is 2.15 bits per heavy atom. The quantitative estimate of drug-likeness (QED) is 0.801. The smallest absolute Gasteiger partial charge is 0.287 e. The number of rotatable bonds is 3. The number of hydrogen-bond donors (Lipinski definition) is 1. The summed E-state index contributed by atoms with van der Waals surface area (Å²) in [6, 6.07) is 11.2. The summed E-state index contributed by atoms with van der Waals surface area (Å²) in [5.41, 5.74) is 1.96. The number of imidazole rings is 1. The van der Waals surface area contributed by atoms with Gasteiger partial charge in [-0.05, 0) is 40.2 Å². The molecule has 0 spiro atoms. The molecule has 0 saturated carbocycles. The molecule has 5 nitrogen and oxygen atoms in total. The van der Waals surface area contributed by atoms with Crippen LogP contribution in [-0.2, 0) is 13.6 Å². The summed E-state index contributed by atoms with van der Waals surface area (Å²) in [5.74, 6) is 0.809. The van der Waals surface area contributed by atoms with E-state index in [0.29, 0.717) is 11.2 Å². The molecule has 2 aromatic heterocycles. The molecule has 0 radical (unpaired) electrons. The Hall–Kier alpha value is -2.08. The lowest BCUT2D eigenvalue weighted by atomic mass is 10.3. The molecule has 0 fully saturated rings. The average molecular weight is 334 g/mol. The van der Waals surface area contributed by atoms with Crippen LogP contribution in [0.4, 0.5) is 0 Å². The molecule has 1 aromatic carbocycles. The van der Waals surface area contributed by atoms with Crippen LogP contribution >= 0.6 is 15.9 Å². The maximum Gasteiger partial charge on any atom is 0.287 e. The molecule has 102 valence electrons. The Morgan fingerprint density at radius 3 is 2.85 bits per heavy atom. The lowest BCUT2D eigenvalue weighted by molar-refractivity contribution is 0.0920. The van der Waals surface area contributed by atoms with E-state index < -0.39 is 0 Å². The summed E-state index contributed by atoms with van der Waals surface area (Å²) in [7, 11) is 1.93. The van der Waals surface area contributed by atoms with Crippen molar-refractivity contribution in [1.29, 1.82) is 0 Å². The number of hydrogen-bond acceptors (Lipinski definition) is 3. The van der Waals surface area contributed by atoms with Gasteiger partial charge in [0.15, 0.2) is 10.4 Å². The number of aryl methyl sites for hydroxylation is 1. The molecule has 2 heterocycles. The number of para-hydroxylation sites is 2. The fraction of sp³-hybridized carbons (Fsp3) is 0.143. The van der Waals surface area contributed by atoms with Gasteiger partial charge in [-0.3, -0.25) is 4.79 Å². The SMILES string of the molecule is Cn1c(CNC(=O)c2ccc(Br)o2)nc2ccccc21. The molecule has 0 aliphatic heterocycles. The van der Waals surface area contributed by atoms with Gasteiger partial charge in [0.2, 0.25) is 0 Å². The summed E-state index contributed by atoms with van der Waals surface area (Å²) in [4.78, 5) is 16.4. The molecule has 0 aliphatic rings. The Bertz CT molecular complexity index is 776. The molecule has 6 heteroatoms. The van der Waals surface area contributed by atoms with Gasteiger partial charge >= 0.3 is 0 Å². The van der Waals surface area contributed by atoms with E-state index >= 15 is 0 Å². The normalized spacial score (nSPS) is 10.9. The summed E-state index contributed by atoms with van der Waals surface area (Å²) in [5, 5.41) is 2.79. The number of halogens is 1. The first-order valence-corrected chi connectivity index (χ1v) is 6.88. The van der Waals surface area contributed by atoms with Crippen molar-refractivity contribution >= 4 is 32.9 Å². The van der Waals surface area contributed by atoms with Gasteiger partial charge in [-0.25, -0.2) is 4.98 Å². The van der Waals surface area contributed by atoms with Crippen LogP contribution in [0.5, 0.6) is 0 Å². The Kier molecular flexibility index (Phi) is 3.31. The third-order valence-electron chi connectivity index (χ3n) is 3.08. The number of nitrogens with one attached hydrogen (secondary N) is 1. The van der Waals surface area contributed by atoms with Crippen LogP contribution in [0.25, 0.3) is 11.0 Å². The van der Waals surface area contributed by atoms with Crippen molar-refractivity contribution in [1.82, 2.24) is 14.9 Å². The Labute approximate surface area is 123 Å². The van der Waals surface area contributed by atoms with Crippen molar-refractivity contribution in [3.8, 4) is 0 Å². The third-order valence-corrected chi connectivity index (χ3v) is 3.51. The minimum atomic E-state index is -0.261. The van der Waals surface area contributed by atoms with E-state index in [4.69, 9.17) is 4.42 Å². The van der Waals surface area contributed by atoms with Gasteiger partial charge in [-0.2, -0.15) is 0 Å². The van der Waals surface area contributed by atoms with Crippen LogP contribution in [0.3, 0.4) is 0 Å². The number of benzene rings is 1. The van der Waals surface area contributed by atoms with Crippen molar-refractivity contribution in [2.75, 3.05) is 0 Å². The fourth-order valence-electron chi connectivity index (χ4n) is 2.04. The second kappa shape index (κ2) is 5.13. The molecule has 1 N–H and O–H groups in total. The van der Waals surface area contributed by atoms with Crippen molar-refractivity contribution < 1.29 is 9.21 Å². The van der Waals surface area contributed by atoms with Crippen LogP contribution < -0.4 is 5.32 Å². The van der Waals surface area contributed by atoms with Crippen LogP contribution in [-0.4, -0.2) is 15.5 Å². The minimum Gasteiger partial charge on any atom is -0.444 e. The van der Waals surface area contributed by atoms with Gasteiger partial charge < -0.3 is 14.3 Å². The first-order valence-electron chi connectivity index (χ1n) is 6.09. The first-order chi connectivity index (χ1) is 9.65. The second-order valence-corrected chi connectivity index (χ2v) is 5.14. The monoisotopic (exact) mass is 333 g/mol. The summed E-state index contributed by atoms with van der Waals surface area (Å²) >= 11 is 3.17. The summed E-state index contributed by atoms with van der Waals surface area (Å²) in [6.45, 7) is 0.350. The zero-order valence-electron chi connectivity index (χ0n) is 10.8. The summed E-state index contributed by atoms with van der Waals surface area (Å²) in [6.07, 6.45) is 0. The van der Waals surface area contributed by atoms with Gasteiger partial charge in [-0.15, -0.1) is 0 Å². The van der Waals surface area contributed by atoms with Crippen molar-refractivity contribution in [3.63, 3.8) is 0 Å². The van der Waals surface area contributed by atoms with Gasteiger partial charge in [0.1, 0.15) is 5.82 Å². The second-order valence-electron chi connectivity index (χ2n) is 4.36. The maximum absolute atomic E-state index is 11.9. The average Bonchev–Trinajstić information content (AvgIpc) is 3.01. The first kappa shape index (κ1) is 12.9. The van der Waals surface area contributed by atoms with Crippen LogP contribution in [0.1, 0.15) is 16.4 Å².